The maximum Gasteiger partial charge on any atom is 0.254 e. The van der Waals surface area contributed by atoms with Gasteiger partial charge in [0, 0.05) is 35.9 Å². The van der Waals surface area contributed by atoms with E-state index in [9.17, 15) is 9.59 Å². The molecule has 0 saturated carbocycles. The van der Waals surface area contributed by atoms with Gasteiger partial charge in [0.2, 0.25) is 0 Å². The molecule has 2 amide bonds. The highest BCUT2D eigenvalue weighted by molar-refractivity contribution is 7.09. The zero-order valence-corrected chi connectivity index (χ0v) is 17.2. The van der Waals surface area contributed by atoms with E-state index >= 15 is 0 Å². The molecule has 6 nitrogen and oxygen atoms in total. The van der Waals surface area contributed by atoms with Crippen LogP contribution in [0.1, 0.15) is 40.9 Å². The van der Waals surface area contributed by atoms with Gasteiger partial charge in [0.05, 0.1) is 12.6 Å². The van der Waals surface area contributed by atoms with Crippen LogP contribution in [0.3, 0.4) is 0 Å². The van der Waals surface area contributed by atoms with Crippen LogP contribution in [0, 0.1) is 0 Å². The summed E-state index contributed by atoms with van der Waals surface area (Å²) in [6.07, 6.45) is 3.34. The summed E-state index contributed by atoms with van der Waals surface area (Å²) in [5.74, 6) is -0.205. The third-order valence-electron chi connectivity index (χ3n) is 5.26. The number of nitrogens with one attached hydrogen (secondary N) is 1. The first-order valence-corrected chi connectivity index (χ1v) is 11.0. The number of hydrogen-bond acceptors (Lipinski definition) is 5. The van der Waals surface area contributed by atoms with Crippen molar-refractivity contribution in [3.63, 3.8) is 0 Å². The minimum atomic E-state index is -0.399. The fourth-order valence-electron chi connectivity index (χ4n) is 3.76. The molecule has 1 N–H and O–H groups in total. The first kappa shape index (κ1) is 20.1. The Morgan fingerprint density at radius 3 is 2.69 bits per heavy atom. The van der Waals surface area contributed by atoms with E-state index in [1.165, 1.54) is 0 Å². The first-order chi connectivity index (χ1) is 14.2. The van der Waals surface area contributed by atoms with Crippen molar-refractivity contribution in [3.05, 3.63) is 52.2 Å². The molecule has 1 aromatic carbocycles. The molecule has 4 rings (SSSR count). The molecule has 7 heteroatoms. The summed E-state index contributed by atoms with van der Waals surface area (Å²) in [7, 11) is 0. The van der Waals surface area contributed by atoms with Crippen LogP contribution in [-0.2, 0) is 20.8 Å². The van der Waals surface area contributed by atoms with Crippen LogP contribution in [0.4, 0.5) is 5.69 Å². The van der Waals surface area contributed by atoms with Crippen molar-refractivity contribution in [1.29, 1.82) is 0 Å². The van der Waals surface area contributed by atoms with Gasteiger partial charge in [-0.2, -0.15) is 0 Å². The number of thiophene rings is 1. The van der Waals surface area contributed by atoms with Gasteiger partial charge < -0.3 is 19.7 Å². The van der Waals surface area contributed by atoms with E-state index in [0.29, 0.717) is 30.9 Å². The van der Waals surface area contributed by atoms with E-state index in [2.05, 4.69) is 5.32 Å². The van der Waals surface area contributed by atoms with Gasteiger partial charge in [-0.15, -0.1) is 11.3 Å². The summed E-state index contributed by atoms with van der Waals surface area (Å²) in [4.78, 5) is 28.6. The molecule has 0 aliphatic carbocycles. The van der Waals surface area contributed by atoms with Crippen molar-refractivity contribution in [2.45, 2.75) is 44.4 Å². The van der Waals surface area contributed by atoms with Crippen molar-refractivity contribution in [1.82, 2.24) is 4.90 Å². The van der Waals surface area contributed by atoms with E-state index in [0.717, 1.165) is 37.2 Å². The smallest absolute Gasteiger partial charge is 0.254 e. The van der Waals surface area contributed by atoms with E-state index in [-0.39, 0.29) is 17.9 Å². The van der Waals surface area contributed by atoms with Gasteiger partial charge in [0.1, 0.15) is 6.10 Å². The Morgan fingerprint density at radius 1 is 1.10 bits per heavy atom. The number of ether oxygens (including phenoxy) is 2. The number of rotatable bonds is 7. The zero-order valence-electron chi connectivity index (χ0n) is 16.3. The summed E-state index contributed by atoms with van der Waals surface area (Å²) in [5, 5.41) is 4.90. The van der Waals surface area contributed by atoms with Crippen molar-refractivity contribution < 1.29 is 19.1 Å². The Hall–Kier alpha value is -2.22. The highest BCUT2D eigenvalue weighted by atomic mass is 32.1. The number of carbonyl (C=O) groups excluding carboxylic acids is 2. The van der Waals surface area contributed by atoms with Crippen LogP contribution in [0.15, 0.2) is 41.8 Å². The Balaban J connectivity index is 1.47. The lowest BCUT2D eigenvalue weighted by Gasteiger charge is -2.25. The molecule has 3 heterocycles. The lowest BCUT2D eigenvalue weighted by Crippen LogP contribution is -2.36. The normalized spacial score (nSPS) is 21.2. The molecule has 2 aromatic rings. The lowest BCUT2D eigenvalue weighted by molar-refractivity contribution is -0.124. The van der Waals surface area contributed by atoms with E-state index in [1.54, 1.807) is 35.6 Å². The number of amides is 2. The quantitative estimate of drug-likeness (QED) is 0.750. The molecule has 154 valence electrons. The zero-order chi connectivity index (χ0) is 20.1. The fourth-order valence-corrected chi connectivity index (χ4v) is 4.48. The minimum Gasteiger partial charge on any atom is -0.376 e. The Morgan fingerprint density at radius 2 is 1.97 bits per heavy atom. The molecule has 29 heavy (non-hydrogen) atoms. The molecule has 2 fully saturated rings. The van der Waals surface area contributed by atoms with Crippen molar-refractivity contribution >= 4 is 28.8 Å². The maximum atomic E-state index is 13.3. The molecule has 0 radical (unpaired) electrons. The van der Waals surface area contributed by atoms with E-state index in [1.807, 2.05) is 22.4 Å². The summed E-state index contributed by atoms with van der Waals surface area (Å²) < 4.78 is 11.2. The van der Waals surface area contributed by atoms with Crippen molar-refractivity contribution in [3.8, 4) is 0 Å². The molecule has 2 saturated heterocycles. The third-order valence-corrected chi connectivity index (χ3v) is 6.12. The van der Waals surface area contributed by atoms with Crippen molar-refractivity contribution in [2.75, 3.05) is 25.1 Å². The van der Waals surface area contributed by atoms with Gasteiger partial charge in [-0.1, -0.05) is 12.1 Å². The fraction of sp³-hybridized carbons (Fsp3) is 0.455. The predicted octanol–water partition coefficient (Wildman–Crippen LogP) is 3.69. The second-order valence-electron chi connectivity index (χ2n) is 7.47. The summed E-state index contributed by atoms with van der Waals surface area (Å²) in [6, 6.07) is 11.2. The van der Waals surface area contributed by atoms with Crippen LogP contribution < -0.4 is 5.32 Å². The number of anilines is 1. The second-order valence-corrected chi connectivity index (χ2v) is 8.50. The number of carbonyl (C=O) groups is 2. The van der Waals surface area contributed by atoms with Crippen molar-refractivity contribution in [2.24, 2.45) is 0 Å². The molecule has 1 aromatic heterocycles. The van der Waals surface area contributed by atoms with Crippen LogP contribution in [0.2, 0.25) is 0 Å². The molecule has 2 unspecified atom stereocenters. The van der Waals surface area contributed by atoms with E-state index in [4.69, 9.17) is 9.47 Å². The minimum absolute atomic E-state index is 0.0536. The molecule has 2 aliphatic heterocycles. The topological polar surface area (TPSA) is 67.9 Å². The molecule has 2 atom stereocenters. The maximum absolute atomic E-state index is 13.3. The van der Waals surface area contributed by atoms with Gasteiger partial charge in [0.25, 0.3) is 11.8 Å². The lowest BCUT2D eigenvalue weighted by atomic mass is 10.1. The third kappa shape index (κ3) is 5.23. The predicted molar refractivity (Wildman–Crippen MR) is 112 cm³/mol. The summed E-state index contributed by atoms with van der Waals surface area (Å²) in [5.41, 5.74) is 1.18. The average molecular weight is 415 g/mol. The first-order valence-electron chi connectivity index (χ1n) is 10.1. The molecular formula is C22H26N2O4S. The van der Waals surface area contributed by atoms with Gasteiger partial charge in [0.15, 0.2) is 0 Å². The average Bonchev–Trinajstić information content (AvgIpc) is 3.50. The SMILES string of the molecule is O=C(Nc1cccc(C(=O)N(Cc2cccs2)CC2CCCO2)c1)C1CCCO1. The highest BCUT2D eigenvalue weighted by Crippen LogP contribution is 2.21. The standard InChI is InChI=1S/C22H26N2O4S/c25-21(20-9-3-11-28-20)23-17-6-1-5-16(13-17)22(26)24(14-18-7-2-10-27-18)15-19-8-4-12-29-19/h1,4-6,8,12-13,18,20H,2-3,7,9-11,14-15H2,(H,23,25). The summed E-state index contributed by atoms with van der Waals surface area (Å²) >= 11 is 1.64. The Bertz CT molecular complexity index is 827. The van der Waals surface area contributed by atoms with Gasteiger partial charge >= 0.3 is 0 Å². The Labute approximate surface area is 174 Å². The molecular weight excluding hydrogens is 388 g/mol. The van der Waals surface area contributed by atoms with Crippen LogP contribution in [0.25, 0.3) is 0 Å². The Kier molecular flexibility index (Phi) is 6.59. The van der Waals surface area contributed by atoms with Gasteiger partial charge in [-0.25, -0.2) is 0 Å². The van der Waals surface area contributed by atoms with Gasteiger partial charge in [-0.05, 0) is 55.3 Å². The van der Waals surface area contributed by atoms with Gasteiger partial charge in [-0.3, -0.25) is 9.59 Å². The number of hydrogen-bond donors (Lipinski definition) is 1. The second kappa shape index (κ2) is 9.52. The van der Waals surface area contributed by atoms with E-state index < -0.39 is 6.10 Å². The molecule has 0 spiro atoms. The molecule has 2 aliphatic rings. The van der Waals surface area contributed by atoms with Crippen LogP contribution in [-0.4, -0.2) is 48.7 Å². The highest BCUT2D eigenvalue weighted by Gasteiger charge is 2.26. The monoisotopic (exact) mass is 414 g/mol. The number of nitrogens with zero attached hydrogens (tertiary/aromatic N) is 1. The molecule has 0 bridgehead atoms. The van der Waals surface area contributed by atoms with Crippen LogP contribution >= 0.6 is 11.3 Å². The number of benzene rings is 1. The summed E-state index contributed by atoms with van der Waals surface area (Å²) in [6.45, 7) is 2.51. The largest absolute Gasteiger partial charge is 0.376 e. The van der Waals surface area contributed by atoms with Crippen LogP contribution in [0.5, 0.6) is 0 Å².